The average Bonchev–Trinajstić information content (AvgIpc) is 3.27. The Morgan fingerprint density at radius 1 is 1.24 bits per heavy atom. The van der Waals surface area contributed by atoms with Gasteiger partial charge in [-0.2, -0.15) is 0 Å². The number of ether oxygens (including phenoxy) is 2. The molecule has 0 aliphatic heterocycles. The second-order valence-electron chi connectivity index (χ2n) is 5.32. The number of guanidine groups is 1. The molecule has 1 aliphatic carbocycles. The van der Waals surface area contributed by atoms with Gasteiger partial charge in [0.25, 0.3) is 0 Å². The minimum Gasteiger partial charge on any atom is -0.382 e. The smallest absolute Gasteiger partial charge is 0.193 e. The molecular formula is C15H32IN3O2. The third kappa shape index (κ3) is 11.2. The number of likely N-dealkylation sites (N-methyl/N-ethyl adjacent to an activating group) is 1. The number of hydrogen-bond donors (Lipinski definition) is 1. The van der Waals surface area contributed by atoms with Crippen LogP contribution < -0.4 is 5.32 Å². The molecule has 0 radical (unpaired) electrons. The summed E-state index contributed by atoms with van der Waals surface area (Å²) in [7, 11) is 3.88. The molecule has 1 fully saturated rings. The number of halogens is 1. The van der Waals surface area contributed by atoms with Gasteiger partial charge in [0, 0.05) is 47.0 Å². The van der Waals surface area contributed by atoms with Crippen molar-refractivity contribution in [1.82, 2.24) is 10.2 Å². The van der Waals surface area contributed by atoms with Crippen molar-refractivity contribution in [2.24, 2.45) is 10.9 Å². The third-order valence-electron chi connectivity index (χ3n) is 3.40. The van der Waals surface area contributed by atoms with Gasteiger partial charge < -0.3 is 19.7 Å². The monoisotopic (exact) mass is 413 g/mol. The lowest BCUT2D eigenvalue weighted by atomic mass is 10.3. The highest BCUT2D eigenvalue weighted by Gasteiger charge is 2.21. The highest BCUT2D eigenvalue weighted by atomic mass is 127. The first-order valence-electron chi connectivity index (χ1n) is 7.85. The summed E-state index contributed by atoms with van der Waals surface area (Å²) in [5, 5.41) is 3.37. The largest absolute Gasteiger partial charge is 0.382 e. The Hall–Kier alpha value is -0.0800. The molecule has 0 aromatic rings. The molecule has 1 saturated carbocycles. The zero-order chi connectivity index (χ0) is 14.6. The number of hydrogen-bond acceptors (Lipinski definition) is 3. The fourth-order valence-electron chi connectivity index (χ4n) is 1.90. The number of unbranched alkanes of at least 4 members (excludes halogenated alkanes) is 1. The molecule has 1 aliphatic rings. The Balaban J connectivity index is 0.00000400. The molecule has 21 heavy (non-hydrogen) atoms. The van der Waals surface area contributed by atoms with E-state index in [0.717, 1.165) is 64.2 Å². The van der Waals surface area contributed by atoms with Gasteiger partial charge in [-0.1, -0.05) is 0 Å². The third-order valence-corrected chi connectivity index (χ3v) is 3.40. The molecule has 1 rings (SSSR count). The summed E-state index contributed by atoms with van der Waals surface area (Å²) in [5.74, 6) is 1.78. The lowest BCUT2D eigenvalue weighted by Crippen LogP contribution is -2.41. The van der Waals surface area contributed by atoms with E-state index in [2.05, 4.69) is 22.3 Å². The number of nitrogens with one attached hydrogen (secondary N) is 1. The zero-order valence-corrected chi connectivity index (χ0v) is 16.1. The van der Waals surface area contributed by atoms with Gasteiger partial charge in [0.2, 0.25) is 0 Å². The van der Waals surface area contributed by atoms with Crippen molar-refractivity contribution in [1.29, 1.82) is 0 Å². The number of nitrogens with zero attached hydrogens (tertiary/aromatic N) is 2. The van der Waals surface area contributed by atoms with Crippen LogP contribution >= 0.6 is 24.0 Å². The van der Waals surface area contributed by atoms with Crippen molar-refractivity contribution in [3.8, 4) is 0 Å². The number of aliphatic imine (C=N–C) groups is 1. The Labute approximate surface area is 146 Å². The van der Waals surface area contributed by atoms with Crippen molar-refractivity contribution in [3.05, 3.63) is 0 Å². The van der Waals surface area contributed by atoms with Crippen LogP contribution in [0.4, 0.5) is 0 Å². The van der Waals surface area contributed by atoms with Gasteiger partial charge in [-0.25, -0.2) is 0 Å². The normalized spacial score (nSPS) is 14.7. The van der Waals surface area contributed by atoms with Gasteiger partial charge in [0.15, 0.2) is 5.96 Å². The van der Waals surface area contributed by atoms with Gasteiger partial charge in [-0.15, -0.1) is 24.0 Å². The van der Waals surface area contributed by atoms with E-state index >= 15 is 0 Å². The Bertz CT molecular complexity index is 274. The van der Waals surface area contributed by atoms with E-state index in [1.54, 1.807) is 0 Å². The van der Waals surface area contributed by atoms with E-state index in [0.29, 0.717) is 0 Å². The zero-order valence-electron chi connectivity index (χ0n) is 13.8. The van der Waals surface area contributed by atoms with Crippen molar-refractivity contribution in [2.45, 2.75) is 32.6 Å². The molecule has 5 nitrogen and oxygen atoms in total. The van der Waals surface area contributed by atoms with Crippen LogP contribution in [-0.4, -0.2) is 64.5 Å². The van der Waals surface area contributed by atoms with E-state index in [-0.39, 0.29) is 24.0 Å². The Morgan fingerprint density at radius 2 is 2.00 bits per heavy atom. The van der Waals surface area contributed by atoms with Crippen LogP contribution in [0, 0.1) is 5.92 Å². The average molecular weight is 413 g/mol. The van der Waals surface area contributed by atoms with Gasteiger partial charge in [-0.05, 0) is 38.5 Å². The maximum Gasteiger partial charge on any atom is 0.193 e. The summed E-state index contributed by atoms with van der Waals surface area (Å²) in [6.07, 6.45) is 4.89. The van der Waals surface area contributed by atoms with Crippen molar-refractivity contribution in [3.63, 3.8) is 0 Å². The molecular weight excluding hydrogens is 381 g/mol. The molecule has 0 bridgehead atoms. The minimum absolute atomic E-state index is 0. The highest BCUT2D eigenvalue weighted by molar-refractivity contribution is 14.0. The molecule has 0 saturated heterocycles. The first kappa shape index (κ1) is 20.9. The number of rotatable bonds is 11. The van der Waals surface area contributed by atoms with Crippen LogP contribution in [0.2, 0.25) is 0 Å². The molecule has 126 valence electrons. The van der Waals surface area contributed by atoms with Crippen LogP contribution in [0.5, 0.6) is 0 Å². The van der Waals surface area contributed by atoms with Gasteiger partial charge >= 0.3 is 0 Å². The molecule has 0 unspecified atom stereocenters. The molecule has 0 atom stereocenters. The molecule has 0 aromatic heterocycles. The topological polar surface area (TPSA) is 46.1 Å². The SMILES string of the molecule is CCOCCCCNC(=NC)N(C)CCOCC1CC1.I. The van der Waals surface area contributed by atoms with Crippen LogP contribution in [0.3, 0.4) is 0 Å². The van der Waals surface area contributed by atoms with Gasteiger partial charge in [-0.3, -0.25) is 4.99 Å². The molecule has 0 spiro atoms. The second kappa shape index (κ2) is 13.6. The van der Waals surface area contributed by atoms with Crippen LogP contribution in [0.1, 0.15) is 32.6 Å². The summed E-state index contributed by atoms with van der Waals surface area (Å²) < 4.78 is 11.0. The van der Waals surface area contributed by atoms with Crippen molar-refractivity contribution >= 4 is 29.9 Å². The molecule has 0 heterocycles. The standard InChI is InChI=1S/C15H31N3O2.HI/c1-4-19-11-6-5-9-17-15(16-2)18(3)10-12-20-13-14-7-8-14;/h14H,4-13H2,1-3H3,(H,16,17);1H. The summed E-state index contributed by atoms with van der Waals surface area (Å²) in [6.45, 7) is 7.20. The van der Waals surface area contributed by atoms with Crippen molar-refractivity contribution < 1.29 is 9.47 Å². The Kier molecular flexibility index (Phi) is 13.5. The summed E-state index contributed by atoms with van der Waals surface area (Å²) in [4.78, 5) is 6.41. The lowest BCUT2D eigenvalue weighted by Gasteiger charge is -2.22. The summed E-state index contributed by atoms with van der Waals surface area (Å²) >= 11 is 0. The summed E-state index contributed by atoms with van der Waals surface area (Å²) in [5.41, 5.74) is 0. The quantitative estimate of drug-likeness (QED) is 0.245. The van der Waals surface area contributed by atoms with Gasteiger partial charge in [0.1, 0.15) is 0 Å². The predicted octanol–water partition coefficient (Wildman–Crippen LogP) is 2.35. The lowest BCUT2D eigenvalue weighted by molar-refractivity contribution is 0.115. The summed E-state index contributed by atoms with van der Waals surface area (Å²) in [6, 6.07) is 0. The molecule has 6 heteroatoms. The maximum absolute atomic E-state index is 5.65. The van der Waals surface area contributed by atoms with Gasteiger partial charge in [0.05, 0.1) is 6.61 Å². The fraction of sp³-hybridized carbons (Fsp3) is 0.933. The predicted molar refractivity (Wildman–Crippen MR) is 98.7 cm³/mol. The van der Waals surface area contributed by atoms with Crippen LogP contribution in [0.15, 0.2) is 4.99 Å². The van der Waals surface area contributed by atoms with Crippen LogP contribution in [-0.2, 0) is 9.47 Å². The second-order valence-corrected chi connectivity index (χ2v) is 5.32. The Morgan fingerprint density at radius 3 is 2.62 bits per heavy atom. The van der Waals surface area contributed by atoms with E-state index in [1.807, 2.05) is 14.0 Å². The molecule has 1 N–H and O–H groups in total. The van der Waals surface area contributed by atoms with Crippen molar-refractivity contribution in [2.75, 3.05) is 53.6 Å². The molecule has 0 amide bonds. The van der Waals surface area contributed by atoms with E-state index in [4.69, 9.17) is 9.47 Å². The van der Waals surface area contributed by atoms with E-state index < -0.39 is 0 Å². The van der Waals surface area contributed by atoms with E-state index in [9.17, 15) is 0 Å². The minimum atomic E-state index is 0. The fourth-order valence-corrected chi connectivity index (χ4v) is 1.90. The van der Waals surface area contributed by atoms with E-state index in [1.165, 1.54) is 12.8 Å². The molecule has 0 aromatic carbocycles. The van der Waals surface area contributed by atoms with Crippen LogP contribution in [0.25, 0.3) is 0 Å². The maximum atomic E-state index is 5.65. The highest BCUT2D eigenvalue weighted by Crippen LogP contribution is 2.28. The first-order valence-corrected chi connectivity index (χ1v) is 7.85. The first-order chi connectivity index (χ1) is 9.77.